The Morgan fingerprint density at radius 3 is 1.83 bits per heavy atom. The van der Waals surface area contributed by atoms with Crippen molar-refractivity contribution < 1.29 is 68.0 Å². The van der Waals surface area contributed by atoms with E-state index in [1.54, 1.807) is 13.2 Å². The maximum Gasteiger partial charge on any atom is 0.324 e. The Morgan fingerprint density at radius 2 is 1.33 bits per heavy atom. The molecule has 0 saturated heterocycles. The van der Waals surface area contributed by atoms with Crippen LogP contribution in [-0.2, 0) is 12.8 Å². The largest absolute Gasteiger partial charge is 1.00 e. The third-order valence-electron chi connectivity index (χ3n) is 7.51. The predicted molar refractivity (Wildman–Crippen MR) is 144 cm³/mol. The van der Waals surface area contributed by atoms with E-state index in [2.05, 4.69) is 14.1 Å². The monoisotopic (exact) mass is 698 g/mol. The highest BCUT2D eigenvalue weighted by Gasteiger charge is 2.44. The van der Waals surface area contributed by atoms with Crippen LogP contribution in [0.4, 0.5) is 17.1 Å². The number of benzene rings is 3. The van der Waals surface area contributed by atoms with Gasteiger partial charge in [0.1, 0.15) is 6.04 Å². The van der Waals surface area contributed by atoms with Gasteiger partial charge in [0.05, 0.1) is 61.8 Å². The number of aromatic hydroxyl groups is 3. The quantitative estimate of drug-likeness (QED) is 0.149. The Hall–Kier alpha value is -4.45. The number of phenolic OH excluding ortho intramolecular Hbond substituents is 3. The van der Waals surface area contributed by atoms with E-state index < -0.39 is 37.6 Å². The summed E-state index contributed by atoms with van der Waals surface area (Å²) in [4.78, 5) is 27.8. The molecule has 1 heterocycles. The lowest BCUT2D eigenvalue weighted by atomic mass is 9.75. The first-order chi connectivity index (χ1) is 19.2. The molecule has 0 amide bonds. The van der Waals surface area contributed by atoms with Gasteiger partial charge in [-0.05, 0) is 23.3 Å². The number of nitro groups is 3. The van der Waals surface area contributed by atoms with Crippen molar-refractivity contribution in [2.45, 2.75) is 18.9 Å². The van der Waals surface area contributed by atoms with Crippen LogP contribution in [-0.4, -0.2) is 69.4 Å². The molecule has 3 aromatic rings. The molecule has 0 saturated carbocycles. The first-order valence-corrected chi connectivity index (χ1v) is 12.2. The van der Waals surface area contributed by atoms with E-state index in [1.165, 1.54) is 12.7 Å². The molecule has 16 heteroatoms. The van der Waals surface area contributed by atoms with E-state index in [1.807, 2.05) is 12.1 Å². The normalized spacial score (nSPS) is 15.5. The molecule has 224 valence electrons. The van der Waals surface area contributed by atoms with E-state index in [9.17, 15) is 40.6 Å². The zero-order valence-corrected chi connectivity index (χ0v) is 25.0. The molecule has 0 fully saturated rings. The number of nitro benzene ring substituents is 3. The molecule has 1 atom stereocenters. The van der Waals surface area contributed by atoms with Gasteiger partial charge in [0.15, 0.2) is 23.0 Å². The molecule has 1 aliphatic heterocycles. The molecule has 5 rings (SSSR count). The van der Waals surface area contributed by atoms with Crippen molar-refractivity contribution in [3.05, 3.63) is 77.4 Å². The lowest BCUT2D eigenvalue weighted by Gasteiger charge is -2.46. The minimum absolute atomic E-state index is 0. The number of methoxy groups -OCH3 is 2. The molecule has 1 aliphatic carbocycles. The van der Waals surface area contributed by atoms with Gasteiger partial charge >= 0.3 is 11.4 Å². The molecule has 0 spiro atoms. The zero-order valence-electron chi connectivity index (χ0n) is 22.9. The smallest absolute Gasteiger partial charge is 0.324 e. The van der Waals surface area contributed by atoms with E-state index in [0.717, 1.165) is 35.0 Å². The second-order valence-electron chi connectivity index (χ2n) is 10.1. The number of halogens is 1. The summed E-state index contributed by atoms with van der Waals surface area (Å²) in [6.45, 7) is 1.03. The molecule has 15 nitrogen and oxygen atoms in total. The third-order valence-corrected chi connectivity index (χ3v) is 7.51. The topological polar surface area (TPSA) is 209 Å². The van der Waals surface area contributed by atoms with E-state index in [-0.39, 0.29) is 41.5 Å². The fourth-order valence-corrected chi connectivity index (χ4v) is 5.38. The number of phenols is 3. The molecule has 42 heavy (non-hydrogen) atoms. The molecule has 0 radical (unpaired) electrons. The number of non-ortho nitro benzene ring substituents is 1. The fourth-order valence-electron chi connectivity index (χ4n) is 5.38. The van der Waals surface area contributed by atoms with Gasteiger partial charge in [0, 0.05) is 29.5 Å². The van der Waals surface area contributed by atoms with Crippen LogP contribution in [0.3, 0.4) is 0 Å². The summed E-state index contributed by atoms with van der Waals surface area (Å²) in [5, 5.41) is 61.9. The second-order valence-corrected chi connectivity index (χ2v) is 10.1. The van der Waals surface area contributed by atoms with Crippen LogP contribution < -0.4 is 33.5 Å². The lowest BCUT2D eigenvalue weighted by Crippen LogP contribution is -3.00. The van der Waals surface area contributed by atoms with E-state index in [4.69, 9.17) is 14.6 Å². The number of fused-ring (bicyclic) bond motifs is 2. The van der Waals surface area contributed by atoms with Crippen molar-refractivity contribution in [2.24, 2.45) is 0 Å². The van der Waals surface area contributed by atoms with Gasteiger partial charge < -0.3 is 53.3 Å². The highest BCUT2D eigenvalue weighted by atomic mass is 127. The van der Waals surface area contributed by atoms with Crippen LogP contribution in [0.2, 0.25) is 0 Å². The fraction of sp³-hybridized carbons (Fsp3) is 0.308. The first kappa shape index (κ1) is 32.1. The van der Waals surface area contributed by atoms with Crippen LogP contribution in [0.1, 0.15) is 22.7 Å². The molecule has 0 unspecified atom stereocenters. The van der Waals surface area contributed by atoms with Gasteiger partial charge in [0.25, 0.3) is 11.4 Å². The van der Waals surface area contributed by atoms with Crippen molar-refractivity contribution in [2.75, 3.05) is 34.9 Å². The summed E-state index contributed by atoms with van der Waals surface area (Å²) in [5.41, 5.74) is 1.72. The highest BCUT2D eigenvalue weighted by Crippen LogP contribution is 2.56. The molecular weight excluding hydrogens is 671 g/mol. The minimum Gasteiger partial charge on any atom is -1.00 e. The second kappa shape index (κ2) is 11.8. The predicted octanol–water partition coefficient (Wildman–Crippen LogP) is 1.13. The zero-order chi connectivity index (χ0) is 30.4. The SMILES string of the molecule is COc1ccc2c(c1O)-c1c(O)c(OC)cc3c1[C@H](C2)[N+](C)(C)CC3.O=[N+]([O-])c1cc([N+](=O)[O-])c(O)c([N+](=O)[O-])c1.[I-]. The summed E-state index contributed by atoms with van der Waals surface area (Å²) in [7, 11) is 7.55. The first-order valence-electron chi connectivity index (χ1n) is 12.2. The third kappa shape index (κ3) is 5.41. The van der Waals surface area contributed by atoms with Crippen LogP contribution in [0.25, 0.3) is 11.1 Å². The Balaban J connectivity index is 0.000000249. The molecule has 0 aromatic heterocycles. The molecular formula is C26H27IN4O11. The van der Waals surface area contributed by atoms with Gasteiger partial charge in [-0.3, -0.25) is 30.3 Å². The average molecular weight is 698 g/mol. The summed E-state index contributed by atoms with van der Waals surface area (Å²) >= 11 is 0. The summed E-state index contributed by atoms with van der Waals surface area (Å²) in [5.74, 6) is -0.161. The number of nitrogens with zero attached hydrogens (tertiary/aromatic N) is 4. The molecule has 3 aromatic carbocycles. The molecule has 3 N–H and O–H groups in total. The van der Waals surface area contributed by atoms with Crippen LogP contribution in [0.15, 0.2) is 30.3 Å². The van der Waals surface area contributed by atoms with Gasteiger partial charge in [-0.1, -0.05) is 6.07 Å². The number of rotatable bonds is 5. The number of likely N-dealkylation sites (N-methyl/N-ethyl adjacent to an activating group) is 1. The number of hydrogen-bond donors (Lipinski definition) is 3. The molecule has 0 bridgehead atoms. The van der Waals surface area contributed by atoms with E-state index >= 15 is 0 Å². The number of ether oxygens (including phenoxy) is 2. The summed E-state index contributed by atoms with van der Waals surface area (Å²) in [6.07, 6.45) is 1.74. The lowest BCUT2D eigenvalue weighted by molar-refractivity contribution is -0.923. The van der Waals surface area contributed by atoms with Crippen LogP contribution >= 0.6 is 0 Å². The molecule has 2 aliphatic rings. The van der Waals surface area contributed by atoms with Gasteiger partial charge in [-0.2, -0.15) is 0 Å². The minimum atomic E-state index is -1.21. The average Bonchev–Trinajstić information content (AvgIpc) is 2.91. The standard InChI is InChI=1S/C20H23NO4.C6H3N3O7.HI/c1-21(2)8-7-12-10-15(25-4)20(23)18-16(12)13(21)9-11-5-6-14(24-3)19(22)17(11)18;10-6-4(8(13)14)1-3(7(11)12)2-5(6)9(15)16;/h5-6,10,13H,7-9H2,1-4H3,(H-,22,23);1-2,10H;1H/t13-;;/m0../s1. The Labute approximate surface area is 255 Å². The summed E-state index contributed by atoms with van der Waals surface area (Å²) in [6, 6.07) is 6.87. The van der Waals surface area contributed by atoms with Crippen molar-refractivity contribution >= 4 is 17.1 Å². The number of hydrogen-bond acceptors (Lipinski definition) is 11. The maximum absolute atomic E-state index is 10.9. The van der Waals surface area contributed by atoms with E-state index in [0.29, 0.717) is 34.8 Å². The Bertz CT molecular complexity index is 1570. The van der Waals surface area contributed by atoms with Crippen LogP contribution in [0, 0.1) is 30.3 Å². The van der Waals surface area contributed by atoms with Gasteiger partial charge in [-0.25, -0.2) is 0 Å². The van der Waals surface area contributed by atoms with Gasteiger partial charge in [-0.15, -0.1) is 0 Å². The Morgan fingerprint density at radius 1 is 0.786 bits per heavy atom. The Kier molecular flexibility index (Phi) is 9.01. The van der Waals surface area contributed by atoms with Crippen molar-refractivity contribution in [3.63, 3.8) is 0 Å². The van der Waals surface area contributed by atoms with Crippen molar-refractivity contribution in [1.82, 2.24) is 0 Å². The van der Waals surface area contributed by atoms with Gasteiger partial charge in [0.2, 0.25) is 0 Å². The number of quaternary nitrogens is 1. The van der Waals surface area contributed by atoms with Crippen LogP contribution in [0.5, 0.6) is 28.7 Å². The van der Waals surface area contributed by atoms with Crippen molar-refractivity contribution in [1.29, 1.82) is 0 Å². The highest BCUT2D eigenvalue weighted by molar-refractivity contribution is 5.87. The summed E-state index contributed by atoms with van der Waals surface area (Å²) < 4.78 is 11.6. The maximum atomic E-state index is 10.9. The van der Waals surface area contributed by atoms with Crippen molar-refractivity contribution in [3.8, 4) is 39.9 Å².